The van der Waals surface area contributed by atoms with Crippen LogP contribution in [-0.2, 0) is 0 Å². The Bertz CT molecular complexity index is 421. The van der Waals surface area contributed by atoms with Crippen molar-refractivity contribution in [1.29, 1.82) is 0 Å². The van der Waals surface area contributed by atoms with E-state index in [4.69, 9.17) is 17.1 Å². The fourth-order valence-electron chi connectivity index (χ4n) is 0.835. The van der Waals surface area contributed by atoms with Gasteiger partial charge in [-0.1, -0.05) is 28.6 Å². The molecule has 0 fully saturated rings. The summed E-state index contributed by atoms with van der Waals surface area (Å²) in [6, 6.07) is 3.99. The first kappa shape index (κ1) is 10.4. The highest BCUT2D eigenvalue weighted by atomic mass is 35.5. The van der Waals surface area contributed by atoms with Gasteiger partial charge < -0.3 is 0 Å². The normalized spacial score (nSPS) is 8.43. The van der Waals surface area contributed by atoms with Crippen LogP contribution >= 0.6 is 11.6 Å². The van der Waals surface area contributed by atoms with Gasteiger partial charge in [0.15, 0.2) is 0 Å². The average molecular weight is 210 g/mol. The van der Waals surface area contributed by atoms with Crippen molar-refractivity contribution in [3.05, 3.63) is 45.0 Å². The van der Waals surface area contributed by atoms with Gasteiger partial charge in [0, 0.05) is 15.5 Å². The molecule has 14 heavy (non-hydrogen) atoms. The van der Waals surface area contributed by atoms with Crippen LogP contribution in [-0.4, -0.2) is 6.54 Å². The average Bonchev–Trinajstić information content (AvgIpc) is 2.11. The maximum Gasteiger partial charge on any atom is 0.125 e. The van der Waals surface area contributed by atoms with E-state index in [1.165, 1.54) is 18.2 Å². The van der Waals surface area contributed by atoms with Gasteiger partial charge in [0.1, 0.15) is 5.82 Å². The van der Waals surface area contributed by atoms with Gasteiger partial charge in [0.25, 0.3) is 0 Å². The molecule has 5 heteroatoms. The molecule has 0 aliphatic rings. The summed E-state index contributed by atoms with van der Waals surface area (Å²) in [5.41, 5.74) is 8.42. The maximum atomic E-state index is 12.8. The second kappa shape index (κ2) is 5.13. The SMILES string of the molecule is [N-]=[N+]=NCC#Cc1cc(F)cc(Cl)c1. The molecule has 0 spiro atoms. The molecule has 1 rings (SSSR count). The maximum absolute atomic E-state index is 12.8. The molecule has 1 aromatic carbocycles. The van der Waals surface area contributed by atoms with Crippen LogP contribution in [0, 0.1) is 17.7 Å². The van der Waals surface area contributed by atoms with Gasteiger partial charge in [0.2, 0.25) is 0 Å². The van der Waals surface area contributed by atoms with Crippen molar-refractivity contribution in [3.63, 3.8) is 0 Å². The second-order valence-electron chi connectivity index (χ2n) is 2.35. The molecule has 0 N–H and O–H groups in total. The van der Waals surface area contributed by atoms with E-state index in [2.05, 4.69) is 21.9 Å². The van der Waals surface area contributed by atoms with Crippen LogP contribution in [0.1, 0.15) is 5.56 Å². The molecular weight excluding hydrogens is 205 g/mol. The van der Waals surface area contributed by atoms with Crippen molar-refractivity contribution >= 4 is 11.6 Å². The third-order valence-electron chi connectivity index (χ3n) is 1.31. The topological polar surface area (TPSA) is 48.8 Å². The van der Waals surface area contributed by atoms with E-state index >= 15 is 0 Å². The molecule has 0 aromatic heterocycles. The minimum absolute atomic E-state index is 0.0602. The molecule has 0 radical (unpaired) electrons. The van der Waals surface area contributed by atoms with Gasteiger partial charge in [-0.25, -0.2) is 4.39 Å². The third kappa shape index (κ3) is 3.36. The molecule has 0 amide bonds. The lowest BCUT2D eigenvalue weighted by Crippen LogP contribution is -1.79. The Morgan fingerprint density at radius 1 is 1.50 bits per heavy atom. The lowest BCUT2D eigenvalue weighted by Gasteiger charge is -1.92. The Labute approximate surface area is 85.1 Å². The standard InChI is InChI=1S/C9H5ClFN3/c10-8-4-7(5-9(11)6-8)2-1-3-13-14-12/h4-6H,3H2. The van der Waals surface area contributed by atoms with Gasteiger partial charge in [-0.05, 0) is 23.7 Å². The first-order valence-corrected chi connectivity index (χ1v) is 4.06. The van der Waals surface area contributed by atoms with Crippen LogP contribution in [0.3, 0.4) is 0 Å². The summed E-state index contributed by atoms with van der Waals surface area (Å²) < 4.78 is 12.8. The fraction of sp³-hybridized carbons (Fsp3) is 0.111. The predicted molar refractivity (Wildman–Crippen MR) is 52.3 cm³/mol. The predicted octanol–water partition coefficient (Wildman–Crippen LogP) is 3.14. The van der Waals surface area contributed by atoms with E-state index in [1.807, 2.05) is 0 Å². The molecule has 0 aliphatic heterocycles. The van der Waals surface area contributed by atoms with E-state index in [1.54, 1.807) is 0 Å². The van der Waals surface area contributed by atoms with E-state index in [0.29, 0.717) is 5.56 Å². The van der Waals surface area contributed by atoms with Crippen molar-refractivity contribution in [1.82, 2.24) is 0 Å². The Morgan fingerprint density at radius 3 is 2.93 bits per heavy atom. The van der Waals surface area contributed by atoms with Crippen LogP contribution < -0.4 is 0 Å². The molecule has 70 valence electrons. The monoisotopic (exact) mass is 209 g/mol. The van der Waals surface area contributed by atoms with E-state index < -0.39 is 5.82 Å². The van der Waals surface area contributed by atoms with Crippen LogP contribution in [0.15, 0.2) is 23.3 Å². The third-order valence-corrected chi connectivity index (χ3v) is 1.53. The van der Waals surface area contributed by atoms with Gasteiger partial charge in [-0.3, -0.25) is 0 Å². The smallest absolute Gasteiger partial charge is 0.125 e. The minimum atomic E-state index is -0.439. The van der Waals surface area contributed by atoms with Crippen LogP contribution in [0.2, 0.25) is 5.02 Å². The molecule has 0 unspecified atom stereocenters. The second-order valence-corrected chi connectivity index (χ2v) is 2.79. The lowest BCUT2D eigenvalue weighted by atomic mass is 10.2. The summed E-state index contributed by atoms with van der Waals surface area (Å²) in [6.07, 6.45) is 0. The largest absolute Gasteiger partial charge is 0.207 e. The molecule has 0 heterocycles. The number of azide groups is 1. The number of hydrogen-bond donors (Lipinski definition) is 0. The van der Waals surface area contributed by atoms with Gasteiger partial charge in [-0.15, -0.1) is 0 Å². The summed E-state index contributed by atoms with van der Waals surface area (Å²) in [5.74, 6) is 4.74. The van der Waals surface area contributed by atoms with E-state index in [0.717, 1.165) is 0 Å². The molecule has 3 nitrogen and oxygen atoms in total. The zero-order valence-electron chi connectivity index (χ0n) is 7.04. The molecule has 1 aromatic rings. The molecule has 0 atom stereocenters. The number of benzene rings is 1. The Hall–Kier alpha value is -1.69. The highest BCUT2D eigenvalue weighted by Crippen LogP contribution is 2.12. The molecule has 0 saturated carbocycles. The van der Waals surface area contributed by atoms with Gasteiger partial charge in [-0.2, -0.15) is 0 Å². The molecular formula is C9H5ClFN3. The van der Waals surface area contributed by atoms with E-state index in [-0.39, 0.29) is 11.6 Å². The quantitative estimate of drug-likeness (QED) is 0.295. The van der Waals surface area contributed by atoms with Crippen molar-refractivity contribution < 1.29 is 4.39 Å². The summed E-state index contributed by atoms with van der Waals surface area (Å²) >= 11 is 5.60. The Kier molecular flexibility index (Phi) is 3.81. The first-order valence-electron chi connectivity index (χ1n) is 3.68. The molecule has 0 saturated heterocycles. The van der Waals surface area contributed by atoms with Crippen LogP contribution in [0.5, 0.6) is 0 Å². The number of halogens is 2. The zero-order chi connectivity index (χ0) is 10.4. The summed E-state index contributed by atoms with van der Waals surface area (Å²) in [5, 5.41) is 3.50. The van der Waals surface area contributed by atoms with Crippen LogP contribution in [0.4, 0.5) is 4.39 Å². The number of nitrogens with zero attached hydrogens (tertiary/aromatic N) is 3. The molecule has 0 aliphatic carbocycles. The van der Waals surface area contributed by atoms with Gasteiger partial charge >= 0.3 is 0 Å². The minimum Gasteiger partial charge on any atom is -0.207 e. The molecule has 0 bridgehead atoms. The lowest BCUT2D eigenvalue weighted by molar-refractivity contribution is 0.627. The van der Waals surface area contributed by atoms with Crippen molar-refractivity contribution in [2.75, 3.05) is 6.54 Å². The van der Waals surface area contributed by atoms with Crippen molar-refractivity contribution in [3.8, 4) is 11.8 Å². The summed E-state index contributed by atoms with van der Waals surface area (Å²) in [4.78, 5) is 2.52. The van der Waals surface area contributed by atoms with Crippen LogP contribution in [0.25, 0.3) is 10.4 Å². The number of hydrogen-bond acceptors (Lipinski definition) is 1. The highest BCUT2D eigenvalue weighted by Gasteiger charge is 1.95. The number of rotatable bonds is 1. The first-order chi connectivity index (χ1) is 6.72. The fourth-order valence-corrected chi connectivity index (χ4v) is 1.06. The summed E-state index contributed by atoms with van der Waals surface area (Å²) in [6.45, 7) is 0.0602. The Balaban J connectivity index is 2.84. The summed E-state index contributed by atoms with van der Waals surface area (Å²) in [7, 11) is 0. The van der Waals surface area contributed by atoms with Crippen molar-refractivity contribution in [2.24, 2.45) is 5.11 Å². The zero-order valence-corrected chi connectivity index (χ0v) is 7.79. The Morgan fingerprint density at radius 2 is 2.29 bits per heavy atom. The van der Waals surface area contributed by atoms with Gasteiger partial charge in [0.05, 0.1) is 6.54 Å². The van der Waals surface area contributed by atoms with Crippen molar-refractivity contribution in [2.45, 2.75) is 0 Å². The van der Waals surface area contributed by atoms with E-state index in [9.17, 15) is 4.39 Å². The highest BCUT2D eigenvalue weighted by molar-refractivity contribution is 6.30.